The maximum absolute atomic E-state index is 13.7. The molecule has 0 unspecified atom stereocenters. The topological polar surface area (TPSA) is 48.4 Å². The van der Waals surface area contributed by atoms with Gasteiger partial charge in [0.05, 0.1) is 12.1 Å². The standard InChI is InChI=1S/C19H15ClFNO3/c1-2-24-19(23)16-17(25-11-12-6-4-3-5-7-12)14-10-13(21)8-9-15(14)22-18(16)20/h3-10H,2,11H2,1H3. The fourth-order valence-electron chi connectivity index (χ4n) is 2.44. The normalized spacial score (nSPS) is 10.7. The summed E-state index contributed by atoms with van der Waals surface area (Å²) >= 11 is 6.17. The number of nitrogens with zero attached hydrogens (tertiary/aromatic N) is 1. The largest absolute Gasteiger partial charge is 0.487 e. The molecule has 0 atom stereocenters. The Balaban J connectivity index is 2.11. The van der Waals surface area contributed by atoms with E-state index in [9.17, 15) is 9.18 Å². The minimum Gasteiger partial charge on any atom is -0.487 e. The highest BCUT2D eigenvalue weighted by atomic mass is 35.5. The van der Waals surface area contributed by atoms with Gasteiger partial charge in [0, 0.05) is 5.39 Å². The molecular formula is C19H15ClFNO3. The number of benzene rings is 2. The summed E-state index contributed by atoms with van der Waals surface area (Å²) in [5, 5.41) is 0.323. The van der Waals surface area contributed by atoms with Crippen LogP contribution in [0.25, 0.3) is 10.9 Å². The van der Waals surface area contributed by atoms with Gasteiger partial charge in [-0.1, -0.05) is 41.9 Å². The van der Waals surface area contributed by atoms with Crippen LogP contribution in [-0.2, 0) is 11.3 Å². The molecule has 128 valence electrons. The molecule has 3 rings (SSSR count). The number of carbonyl (C=O) groups excluding carboxylic acids is 1. The van der Waals surface area contributed by atoms with Gasteiger partial charge in [0.15, 0.2) is 0 Å². The van der Waals surface area contributed by atoms with Gasteiger partial charge in [0.1, 0.15) is 28.9 Å². The average molecular weight is 360 g/mol. The summed E-state index contributed by atoms with van der Waals surface area (Å²) in [4.78, 5) is 16.5. The molecule has 0 aliphatic carbocycles. The minimum absolute atomic E-state index is 0.00227. The highest BCUT2D eigenvalue weighted by Crippen LogP contribution is 2.35. The summed E-state index contributed by atoms with van der Waals surface area (Å²) in [6.07, 6.45) is 0. The van der Waals surface area contributed by atoms with Crippen molar-refractivity contribution < 1.29 is 18.7 Å². The van der Waals surface area contributed by atoms with Crippen molar-refractivity contribution in [2.75, 3.05) is 6.61 Å². The number of aromatic nitrogens is 1. The maximum Gasteiger partial charge on any atom is 0.345 e. The third-order valence-electron chi connectivity index (χ3n) is 3.56. The van der Waals surface area contributed by atoms with Crippen LogP contribution in [0.15, 0.2) is 48.5 Å². The monoisotopic (exact) mass is 359 g/mol. The minimum atomic E-state index is -0.658. The molecule has 2 aromatic carbocycles. The number of hydrogen-bond acceptors (Lipinski definition) is 4. The zero-order valence-corrected chi connectivity index (χ0v) is 14.2. The second-order valence-corrected chi connectivity index (χ2v) is 5.62. The first-order valence-corrected chi connectivity index (χ1v) is 8.10. The van der Waals surface area contributed by atoms with E-state index >= 15 is 0 Å². The van der Waals surface area contributed by atoms with E-state index in [2.05, 4.69) is 4.98 Å². The zero-order chi connectivity index (χ0) is 17.8. The van der Waals surface area contributed by atoms with Crippen LogP contribution in [0.1, 0.15) is 22.8 Å². The van der Waals surface area contributed by atoms with E-state index in [0.717, 1.165) is 5.56 Å². The van der Waals surface area contributed by atoms with Crippen molar-refractivity contribution in [2.24, 2.45) is 0 Å². The van der Waals surface area contributed by atoms with Crippen molar-refractivity contribution in [3.63, 3.8) is 0 Å². The molecule has 0 amide bonds. The van der Waals surface area contributed by atoms with Crippen molar-refractivity contribution in [3.05, 3.63) is 70.6 Å². The highest BCUT2D eigenvalue weighted by Gasteiger charge is 2.23. The Bertz CT molecular complexity index is 915. The fourth-order valence-corrected chi connectivity index (χ4v) is 2.69. The van der Waals surface area contributed by atoms with Gasteiger partial charge in [-0.05, 0) is 30.7 Å². The predicted octanol–water partition coefficient (Wildman–Crippen LogP) is 4.78. The summed E-state index contributed by atoms with van der Waals surface area (Å²) in [7, 11) is 0. The van der Waals surface area contributed by atoms with E-state index in [1.807, 2.05) is 30.3 Å². The highest BCUT2D eigenvalue weighted by molar-refractivity contribution is 6.33. The molecule has 0 bridgehead atoms. The molecule has 0 saturated carbocycles. The third kappa shape index (κ3) is 3.72. The molecule has 6 heteroatoms. The zero-order valence-electron chi connectivity index (χ0n) is 13.5. The maximum atomic E-state index is 13.7. The van der Waals surface area contributed by atoms with Gasteiger partial charge in [0.2, 0.25) is 0 Å². The Hall–Kier alpha value is -2.66. The lowest BCUT2D eigenvalue weighted by Crippen LogP contribution is -2.10. The number of fused-ring (bicyclic) bond motifs is 1. The molecule has 0 saturated heterocycles. The molecular weight excluding hydrogens is 345 g/mol. The molecule has 1 heterocycles. The van der Waals surface area contributed by atoms with Crippen LogP contribution in [0.3, 0.4) is 0 Å². The van der Waals surface area contributed by atoms with Crippen molar-refractivity contribution in [2.45, 2.75) is 13.5 Å². The Morgan fingerprint density at radius 3 is 2.68 bits per heavy atom. The Morgan fingerprint density at radius 1 is 1.20 bits per heavy atom. The summed E-state index contributed by atoms with van der Waals surface area (Å²) in [6.45, 7) is 2.05. The predicted molar refractivity (Wildman–Crippen MR) is 93.4 cm³/mol. The van der Waals surface area contributed by atoms with Gasteiger partial charge in [-0.15, -0.1) is 0 Å². The van der Waals surface area contributed by atoms with E-state index in [0.29, 0.717) is 10.9 Å². The van der Waals surface area contributed by atoms with Crippen LogP contribution >= 0.6 is 11.6 Å². The van der Waals surface area contributed by atoms with Gasteiger partial charge >= 0.3 is 5.97 Å². The Labute approximate surface area is 149 Å². The first-order chi connectivity index (χ1) is 12.1. The molecule has 4 nitrogen and oxygen atoms in total. The third-order valence-corrected chi connectivity index (χ3v) is 3.83. The summed E-state index contributed by atoms with van der Waals surface area (Å²) in [5.41, 5.74) is 1.33. The first kappa shape index (κ1) is 17.2. The van der Waals surface area contributed by atoms with Gasteiger partial charge in [0.25, 0.3) is 0 Å². The SMILES string of the molecule is CCOC(=O)c1c(Cl)nc2ccc(F)cc2c1OCc1ccccc1. The number of hydrogen-bond donors (Lipinski definition) is 0. The molecule has 0 fully saturated rings. The molecule has 0 radical (unpaired) electrons. The van der Waals surface area contributed by atoms with Crippen molar-refractivity contribution >= 4 is 28.5 Å². The molecule has 0 spiro atoms. The van der Waals surface area contributed by atoms with Crippen molar-refractivity contribution in [1.29, 1.82) is 0 Å². The van der Waals surface area contributed by atoms with Gasteiger partial charge in [-0.3, -0.25) is 0 Å². The second kappa shape index (κ2) is 7.49. The molecule has 1 aromatic heterocycles. The number of rotatable bonds is 5. The smallest absolute Gasteiger partial charge is 0.345 e. The number of ether oxygens (including phenoxy) is 2. The number of halogens is 2. The first-order valence-electron chi connectivity index (χ1n) is 7.72. The van der Waals surface area contributed by atoms with Crippen molar-refractivity contribution in [3.8, 4) is 5.75 Å². The van der Waals surface area contributed by atoms with Crippen LogP contribution in [0, 0.1) is 5.82 Å². The number of carbonyl (C=O) groups is 1. The van der Waals surface area contributed by atoms with E-state index < -0.39 is 11.8 Å². The van der Waals surface area contributed by atoms with Gasteiger partial charge in [-0.2, -0.15) is 0 Å². The van der Waals surface area contributed by atoms with Gasteiger partial charge in [-0.25, -0.2) is 14.2 Å². The average Bonchev–Trinajstić information content (AvgIpc) is 2.61. The number of pyridine rings is 1. The molecule has 0 aliphatic rings. The quantitative estimate of drug-likeness (QED) is 0.485. The van der Waals surface area contributed by atoms with Crippen LogP contribution in [0.5, 0.6) is 5.75 Å². The van der Waals surface area contributed by atoms with Gasteiger partial charge < -0.3 is 9.47 Å². The van der Waals surface area contributed by atoms with Crippen LogP contribution in [-0.4, -0.2) is 17.6 Å². The lowest BCUT2D eigenvalue weighted by atomic mass is 10.1. The summed E-state index contributed by atoms with van der Waals surface area (Å²) in [6, 6.07) is 13.4. The van der Waals surface area contributed by atoms with E-state index in [4.69, 9.17) is 21.1 Å². The van der Waals surface area contributed by atoms with E-state index in [1.54, 1.807) is 6.92 Å². The molecule has 0 N–H and O–H groups in total. The summed E-state index contributed by atoms with van der Waals surface area (Å²) < 4.78 is 24.6. The lowest BCUT2D eigenvalue weighted by molar-refractivity contribution is 0.0521. The molecule has 25 heavy (non-hydrogen) atoms. The number of esters is 1. The Kier molecular flexibility index (Phi) is 5.14. The van der Waals surface area contributed by atoms with Crippen LogP contribution < -0.4 is 4.74 Å². The van der Waals surface area contributed by atoms with E-state index in [1.165, 1.54) is 18.2 Å². The Morgan fingerprint density at radius 2 is 1.96 bits per heavy atom. The fraction of sp³-hybridized carbons (Fsp3) is 0.158. The lowest BCUT2D eigenvalue weighted by Gasteiger charge is -2.15. The molecule has 3 aromatic rings. The van der Waals surface area contributed by atoms with Crippen molar-refractivity contribution in [1.82, 2.24) is 4.98 Å². The van der Waals surface area contributed by atoms with Crippen LogP contribution in [0.2, 0.25) is 5.15 Å². The van der Waals surface area contributed by atoms with E-state index in [-0.39, 0.29) is 29.7 Å². The summed E-state index contributed by atoms with van der Waals surface area (Å²) in [5.74, 6) is -0.956. The van der Waals surface area contributed by atoms with Crippen LogP contribution in [0.4, 0.5) is 4.39 Å². The second-order valence-electron chi connectivity index (χ2n) is 5.26. The molecule has 0 aliphatic heterocycles.